The van der Waals surface area contributed by atoms with E-state index in [2.05, 4.69) is 33.7 Å². The molecule has 0 radical (unpaired) electrons. The number of fused-ring (bicyclic) bond motifs is 1. The summed E-state index contributed by atoms with van der Waals surface area (Å²) < 4.78 is 45.8. The minimum Gasteiger partial charge on any atom is -0.496 e. The first kappa shape index (κ1) is 21.2. The smallest absolute Gasteiger partial charge is 0.416 e. The lowest BCUT2D eigenvalue weighted by atomic mass is 10.1. The fourth-order valence-electron chi connectivity index (χ4n) is 3.99. The third-order valence-electron chi connectivity index (χ3n) is 5.51. The molecule has 1 aliphatic rings. The molecule has 31 heavy (non-hydrogen) atoms. The van der Waals surface area contributed by atoms with E-state index in [1.807, 2.05) is 18.2 Å². The number of methoxy groups -OCH3 is 1. The Morgan fingerprint density at radius 3 is 2.58 bits per heavy atom. The summed E-state index contributed by atoms with van der Waals surface area (Å²) in [5.41, 5.74) is 7.78. The van der Waals surface area contributed by atoms with E-state index >= 15 is 0 Å². The first-order valence-corrected chi connectivity index (χ1v) is 9.97. The number of hydrazine groups is 1. The van der Waals surface area contributed by atoms with Crippen molar-refractivity contribution in [1.29, 1.82) is 0 Å². The molecule has 0 bridgehead atoms. The van der Waals surface area contributed by atoms with E-state index in [-0.39, 0.29) is 17.8 Å². The molecule has 1 fully saturated rings. The summed E-state index contributed by atoms with van der Waals surface area (Å²) in [6.45, 7) is 2.83. The molecule has 164 valence electrons. The van der Waals surface area contributed by atoms with Crippen molar-refractivity contribution in [2.75, 3.05) is 7.11 Å². The van der Waals surface area contributed by atoms with Crippen LogP contribution in [0.25, 0.3) is 10.9 Å². The molecule has 9 heteroatoms. The molecule has 0 saturated carbocycles. The first-order chi connectivity index (χ1) is 14.8. The molecule has 2 atom stereocenters. The third-order valence-corrected chi connectivity index (χ3v) is 5.51. The van der Waals surface area contributed by atoms with Gasteiger partial charge in [0.05, 0.1) is 30.4 Å². The zero-order valence-corrected chi connectivity index (χ0v) is 17.1. The number of benzene rings is 2. The summed E-state index contributed by atoms with van der Waals surface area (Å²) in [5.74, 6) is 0.357. The lowest BCUT2D eigenvalue weighted by molar-refractivity contribution is -0.137. The molecule has 1 aliphatic heterocycles. The lowest BCUT2D eigenvalue weighted by Gasteiger charge is -2.14. The van der Waals surface area contributed by atoms with Gasteiger partial charge in [0.15, 0.2) is 0 Å². The van der Waals surface area contributed by atoms with Crippen molar-refractivity contribution in [2.24, 2.45) is 0 Å². The van der Waals surface area contributed by atoms with Crippen molar-refractivity contribution in [3.05, 3.63) is 65.4 Å². The van der Waals surface area contributed by atoms with Gasteiger partial charge in [-0.1, -0.05) is 6.07 Å². The molecule has 3 aromatic rings. The molecular formula is C22H23F3N4O2. The summed E-state index contributed by atoms with van der Waals surface area (Å²) in [4.78, 5) is 12.5. The Balaban J connectivity index is 1.48. The Bertz CT molecular complexity index is 1090. The minimum absolute atomic E-state index is 0.0602. The second-order valence-electron chi connectivity index (χ2n) is 7.38. The molecule has 2 heterocycles. The number of carbonyl (C=O) groups excluding carboxylic acids is 1. The monoisotopic (exact) mass is 432 g/mol. The standard InChI is InChI=1S/C22H23F3N4O2/c1-3-29-17-5-4-6-19(31-2)15(17)11-18(29)16-12-20(28-27-16)26-21(30)13-7-9-14(10-8-13)22(23,24)25/h4-11,16,20,27-28H,3,12H2,1-2H3,(H,26,30). The number of aryl methyl sites for hydroxylation is 1. The van der Waals surface area contributed by atoms with Crippen LogP contribution in [-0.2, 0) is 12.7 Å². The Kier molecular flexibility index (Phi) is 5.63. The van der Waals surface area contributed by atoms with Crippen molar-refractivity contribution in [1.82, 2.24) is 20.7 Å². The number of halogens is 3. The van der Waals surface area contributed by atoms with Crippen LogP contribution in [0.2, 0.25) is 0 Å². The number of aromatic nitrogens is 1. The normalized spacial score (nSPS) is 19.0. The predicted octanol–water partition coefficient (Wildman–Crippen LogP) is 3.98. The van der Waals surface area contributed by atoms with E-state index in [9.17, 15) is 18.0 Å². The number of hydrogen-bond acceptors (Lipinski definition) is 4. The number of amides is 1. The Morgan fingerprint density at radius 1 is 1.19 bits per heavy atom. The summed E-state index contributed by atoms with van der Waals surface area (Å²) in [6.07, 6.45) is -4.23. The number of hydrogen-bond donors (Lipinski definition) is 3. The molecule has 3 N–H and O–H groups in total. The van der Waals surface area contributed by atoms with Gasteiger partial charge in [0, 0.05) is 29.6 Å². The van der Waals surface area contributed by atoms with Gasteiger partial charge in [0.1, 0.15) is 5.75 Å². The van der Waals surface area contributed by atoms with E-state index in [1.165, 1.54) is 12.1 Å². The molecule has 1 amide bonds. The zero-order chi connectivity index (χ0) is 22.2. The van der Waals surface area contributed by atoms with Crippen LogP contribution >= 0.6 is 0 Å². The van der Waals surface area contributed by atoms with Gasteiger partial charge in [0.25, 0.3) is 5.91 Å². The Labute approximate surface area is 177 Å². The van der Waals surface area contributed by atoms with Crippen molar-refractivity contribution in [2.45, 2.75) is 38.3 Å². The number of ether oxygens (including phenoxy) is 1. The van der Waals surface area contributed by atoms with Crippen LogP contribution in [0.15, 0.2) is 48.5 Å². The van der Waals surface area contributed by atoms with Gasteiger partial charge in [-0.15, -0.1) is 0 Å². The van der Waals surface area contributed by atoms with Crippen molar-refractivity contribution < 1.29 is 22.7 Å². The molecule has 0 spiro atoms. The van der Waals surface area contributed by atoms with Gasteiger partial charge in [-0.25, -0.2) is 10.9 Å². The molecular weight excluding hydrogens is 409 g/mol. The van der Waals surface area contributed by atoms with Crippen molar-refractivity contribution in [3.63, 3.8) is 0 Å². The van der Waals surface area contributed by atoms with Crippen LogP contribution in [0.3, 0.4) is 0 Å². The predicted molar refractivity (Wildman–Crippen MR) is 110 cm³/mol. The van der Waals surface area contributed by atoms with E-state index in [4.69, 9.17) is 4.74 Å². The molecule has 1 aromatic heterocycles. The van der Waals surface area contributed by atoms with Crippen LogP contribution < -0.4 is 20.9 Å². The largest absolute Gasteiger partial charge is 0.496 e. The van der Waals surface area contributed by atoms with E-state index in [1.54, 1.807) is 7.11 Å². The lowest BCUT2D eigenvalue weighted by Crippen LogP contribution is -2.44. The zero-order valence-electron chi connectivity index (χ0n) is 17.1. The fraction of sp³-hybridized carbons (Fsp3) is 0.318. The van der Waals surface area contributed by atoms with E-state index in [0.717, 1.165) is 41.0 Å². The molecule has 2 aromatic carbocycles. The third kappa shape index (κ3) is 4.11. The van der Waals surface area contributed by atoms with Gasteiger partial charge >= 0.3 is 6.18 Å². The average Bonchev–Trinajstić information content (AvgIpc) is 3.36. The highest BCUT2D eigenvalue weighted by molar-refractivity contribution is 5.94. The van der Waals surface area contributed by atoms with Gasteiger partial charge in [-0.05, 0) is 49.4 Å². The maximum atomic E-state index is 12.7. The van der Waals surface area contributed by atoms with Crippen LogP contribution in [0.5, 0.6) is 5.75 Å². The molecule has 6 nitrogen and oxygen atoms in total. The highest BCUT2D eigenvalue weighted by Gasteiger charge is 2.31. The van der Waals surface area contributed by atoms with Gasteiger partial charge in [0.2, 0.25) is 0 Å². The highest BCUT2D eigenvalue weighted by atomic mass is 19.4. The first-order valence-electron chi connectivity index (χ1n) is 9.97. The van der Waals surface area contributed by atoms with Crippen LogP contribution in [-0.4, -0.2) is 23.7 Å². The summed E-state index contributed by atoms with van der Waals surface area (Å²) in [6, 6.07) is 12.1. The topological polar surface area (TPSA) is 67.3 Å². The Hall–Kier alpha value is -3.04. The van der Waals surface area contributed by atoms with Gasteiger partial charge in [-0.2, -0.15) is 13.2 Å². The van der Waals surface area contributed by atoms with Crippen molar-refractivity contribution in [3.8, 4) is 5.75 Å². The van der Waals surface area contributed by atoms with E-state index < -0.39 is 17.6 Å². The molecule has 4 rings (SSSR count). The second kappa shape index (κ2) is 8.24. The molecule has 0 aliphatic carbocycles. The number of carbonyl (C=O) groups is 1. The number of rotatable bonds is 5. The number of nitrogens with zero attached hydrogens (tertiary/aromatic N) is 1. The molecule has 1 saturated heterocycles. The molecule has 2 unspecified atom stereocenters. The maximum absolute atomic E-state index is 12.7. The Morgan fingerprint density at radius 2 is 1.94 bits per heavy atom. The average molecular weight is 432 g/mol. The van der Waals surface area contributed by atoms with Crippen LogP contribution in [0.4, 0.5) is 13.2 Å². The summed E-state index contributed by atoms with van der Waals surface area (Å²) in [5, 5.41) is 3.83. The second-order valence-corrected chi connectivity index (χ2v) is 7.38. The fourth-order valence-corrected chi connectivity index (χ4v) is 3.99. The SMILES string of the molecule is CCn1c(C2CC(NC(=O)c3ccc(C(F)(F)F)cc3)NN2)cc2c(OC)cccc21. The number of alkyl halides is 3. The van der Waals surface area contributed by atoms with Gasteiger partial charge < -0.3 is 14.6 Å². The highest BCUT2D eigenvalue weighted by Crippen LogP contribution is 2.33. The van der Waals surface area contributed by atoms with E-state index in [0.29, 0.717) is 6.42 Å². The van der Waals surface area contributed by atoms with Crippen molar-refractivity contribution >= 4 is 16.8 Å². The summed E-state index contributed by atoms with van der Waals surface area (Å²) >= 11 is 0. The maximum Gasteiger partial charge on any atom is 0.416 e. The van der Waals surface area contributed by atoms with Gasteiger partial charge in [-0.3, -0.25) is 4.79 Å². The minimum atomic E-state index is -4.43. The van der Waals surface area contributed by atoms with Crippen LogP contribution in [0.1, 0.15) is 41.0 Å². The summed E-state index contributed by atoms with van der Waals surface area (Å²) in [7, 11) is 1.64. The quantitative estimate of drug-likeness (QED) is 0.571. The number of nitrogens with one attached hydrogen (secondary N) is 3. The van der Waals surface area contributed by atoms with Crippen LogP contribution in [0, 0.1) is 0 Å².